The third-order valence-corrected chi connectivity index (χ3v) is 0. The second-order valence-corrected chi connectivity index (χ2v) is 0.250. The molecule has 0 unspecified atom stereocenters. The fraction of sp³-hybridized carbons (Fsp3) is 0. The van der Waals surface area contributed by atoms with Gasteiger partial charge in [0.2, 0.25) is 0 Å². The minimum atomic E-state index is -2.33. The zero-order valence-corrected chi connectivity index (χ0v) is 8.85. The molecule has 0 aliphatic heterocycles. The van der Waals surface area contributed by atoms with Crippen molar-refractivity contribution in [1.29, 1.82) is 0 Å². The van der Waals surface area contributed by atoms with Crippen LogP contribution in [0.5, 0.6) is 0 Å². The first-order chi connectivity index (χ1) is 1.73. The van der Waals surface area contributed by atoms with E-state index in [4.69, 9.17) is 15.0 Å². The van der Waals surface area contributed by atoms with Gasteiger partial charge in [0.05, 0.1) is 0 Å². The third-order valence-electron chi connectivity index (χ3n) is 0. The summed E-state index contributed by atoms with van der Waals surface area (Å²) < 4.78 is 0. The number of carbonyl (C=O) groups excluding carboxylic acids is 1. The van der Waals surface area contributed by atoms with Gasteiger partial charge in [0.25, 0.3) is 0 Å². The smallest absolute Gasteiger partial charge is 1.00 e. The molecule has 0 rings (SSSR count). The minimum absolute atomic E-state index is 0. The van der Waals surface area contributed by atoms with E-state index in [1.54, 1.807) is 0 Å². The van der Waals surface area contributed by atoms with Crippen LogP contribution in [-0.2, 0) is 0 Å². The van der Waals surface area contributed by atoms with Crippen molar-refractivity contribution in [3.8, 4) is 0 Å². The van der Waals surface area contributed by atoms with Crippen LogP contribution in [0, 0.1) is 0 Å². The van der Waals surface area contributed by atoms with E-state index in [0.29, 0.717) is 0 Å². The first kappa shape index (κ1) is 22.7. The summed E-state index contributed by atoms with van der Waals surface area (Å²) in [6, 6.07) is 0. The molecule has 0 aliphatic rings. The molecule has 0 N–H and O–H groups in total. The van der Waals surface area contributed by atoms with Crippen LogP contribution in [0.15, 0.2) is 0 Å². The van der Waals surface area contributed by atoms with E-state index in [1.165, 1.54) is 0 Å². The molecule has 6 heteroatoms. The molecule has 0 saturated heterocycles. The average Bonchev–Trinajstić information content (AvgIpc) is 0.811. The predicted molar refractivity (Wildman–Crippen MR) is 12.5 cm³/mol. The van der Waals surface area contributed by atoms with Crippen molar-refractivity contribution >= 4 is 25.0 Å². The standard InChI is InChI=1S/CH2O3.K.Li.Na.H/c2-1(3)4;;;;/h(H2,2,3,4);;;;/q;+1;;+1;/p-2. The molecule has 0 radical (unpaired) electrons. The molecule has 0 amide bonds. The van der Waals surface area contributed by atoms with Gasteiger partial charge in [0.15, 0.2) is 0 Å². The number of carbonyl (C=O) groups is 1. The van der Waals surface area contributed by atoms with Crippen molar-refractivity contribution in [1.82, 2.24) is 0 Å². The third kappa shape index (κ3) is 57.4. The van der Waals surface area contributed by atoms with Crippen molar-refractivity contribution in [3.05, 3.63) is 0 Å². The molecule has 0 saturated carbocycles. The summed E-state index contributed by atoms with van der Waals surface area (Å²) in [5.74, 6) is 0. The van der Waals surface area contributed by atoms with Gasteiger partial charge in [-0.25, -0.2) is 0 Å². The molecule has 7 heavy (non-hydrogen) atoms. The number of rotatable bonds is 0. The van der Waals surface area contributed by atoms with Gasteiger partial charge in [-0.2, -0.15) is 0 Å². The van der Waals surface area contributed by atoms with Crippen LogP contribution < -0.4 is 91.2 Å². The van der Waals surface area contributed by atoms with E-state index in [1.807, 2.05) is 0 Å². The largest absolute Gasteiger partial charge is 1.00 e. The fourth-order valence-electron chi connectivity index (χ4n) is 0. The van der Waals surface area contributed by atoms with E-state index in [-0.39, 0.29) is 99.8 Å². The maximum atomic E-state index is 8.33. The molecule has 0 spiro atoms. The van der Waals surface area contributed by atoms with Gasteiger partial charge in [0.1, 0.15) is 0 Å². The van der Waals surface area contributed by atoms with Crippen molar-refractivity contribution in [2.75, 3.05) is 0 Å². The van der Waals surface area contributed by atoms with Gasteiger partial charge >= 0.3 is 99.8 Å². The van der Waals surface area contributed by atoms with Gasteiger partial charge in [0, 0.05) is 0 Å². The van der Waals surface area contributed by atoms with Gasteiger partial charge in [-0.05, 0) is 6.16 Å². The zero-order valence-electron chi connectivity index (χ0n) is 3.72. The Bertz CT molecular complexity index is 37.9. The molecule has 0 aromatic carbocycles. The molecule has 0 bridgehead atoms. The SMILES string of the molecule is O=C([O-])[O-].[K+].[LiH].[Na+]. The Morgan fingerprint density at radius 2 is 1.29 bits per heavy atom. The van der Waals surface area contributed by atoms with Crippen LogP contribution >= 0.6 is 0 Å². The second-order valence-electron chi connectivity index (χ2n) is 0.250. The molecular formula is CHKLiNaO3. The second kappa shape index (κ2) is 15.8. The molecule has 0 fully saturated rings. The summed E-state index contributed by atoms with van der Waals surface area (Å²) >= 11 is 0. The summed E-state index contributed by atoms with van der Waals surface area (Å²) in [6.45, 7) is 0. The first-order valence-electron chi connectivity index (χ1n) is 0.612. The van der Waals surface area contributed by atoms with Crippen LogP contribution in [0.25, 0.3) is 0 Å². The quantitative estimate of drug-likeness (QED) is 0.306. The van der Waals surface area contributed by atoms with Crippen molar-refractivity contribution in [2.24, 2.45) is 0 Å². The maximum absolute atomic E-state index is 8.33. The Balaban J connectivity index is -0.0000000150. The zero-order chi connectivity index (χ0) is 3.58. The average molecular weight is 130 g/mol. The number of carboxylic acid groups (broad SMARTS) is 2. The van der Waals surface area contributed by atoms with Crippen LogP contribution in [0.4, 0.5) is 4.79 Å². The fourth-order valence-corrected chi connectivity index (χ4v) is 0. The number of hydrogen-bond acceptors (Lipinski definition) is 3. The van der Waals surface area contributed by atoms with Crippen molar-refractivity contribution < 1.29 is 95.9 Å². The summed E-state index contributed by atoms with van der Waals surface area (Å²) in [7, 11) is 0. The molecule has 0 aromatic rings. The molecule has 0 aromatic heterocycles. The van der Waals surface area contributed by atoms with Crippen LogP contribution in [0.1, 0.15) is 0 Å². The van der Waals surface area contributed by atoms with E-state index in [0.717, 1.165) is 0 Å². The summed E-state index contributed by atoms with van der Waals surface area (Å²) in [4.78, 5) is 8.33. The van der Waals surface area contributed by atoms with Gasteiger partial charge in [-0.1, -0.05) is 0 Å². The van der Waals surface area contributed by atoms with Gasteiger partial charge in [-0.3, -0.25) is 0 Å². The summed E-state index contributed by atoms with van der Waals surface area (Å²) in [5, 5.41) is 16.7. The topological polar surface area (TPSA) is 63.2 Å². The van der Waals surface area contributed by atoms with E-state index >= 15 is 0 Å². The Morgan fingerprint density at radius 1 is 1.29 bits per heavy atom. The van der Waals surface area contributed by atoms with Crippen molar-refractivity contribution in [3.63, 3.8) is 0 Å². The number of hydrogen-bond donors (Lipinski definition) is 0. The molecule has 26 valence electrons. The molecule has 0 atom stereocenters. The van der Waals surface area contributed by atoms with Gasteiger partial charge in [-0.15, -0.1) is 0 Å². The summed E-state index contributed by atoms with van der Waals surface area (Å²) in [6.07, 6.45) is -2.33. The van der Waals surface area contributed by atoms with E-state index in [9.17, 15) is 0 Å². The van der Waals surface area contributed by atoms with Crippen molar-refractivity contribution in [2.45, 2.75) is 0 Å². The Morgan fingerprint density at radius 3 is 1.29 bits per heavy atom. The Hall–Kier alpha value is 2.50. The summed E-state index contributed by atoms with van der Waals surface area (Å²) in [5.41, 5.74) is 0. The molecule has 0 aliphatic carbocycles. The van der Waals surface area contributed by atoms with Crippen LogP contribution in [-0.4, -0.2) is 25.0 Å². The molecule has 0 heterocycles. The Labute approximate surface area is 118 Å². The van der Waals surface area contributed by atoms with Crippen LogP contribution in [0.2, 0.25) is 0 Å². The van der Waals surface area contributed by atoms with E-state index in [2.05, 4.69) is 0 Å². The maximum Gasteiger partial charge on any atom is 1.00 e. The normalized spacial score (nSPS) is 3.43. The minimum Gasteiger partial charge on any atom is 1.00 e. The van der Waals surface area contributed by atoms with Crippen LogP contribution in [0.3, 0.4) is 0 Å². The molecular weight excluding hydrogens is 129 g/mol. The molecule has 3 nitrogen and oxygen atoms in total. The first-order valence-corrected chi connectivity index (χ1v) is 0.612. The predicted octanol–water partition coefficient (Wildman–Crippen LogP) is -9.09. The Kier molecular flexibility index (Phi) is 51.2. The van der Waals surface area contributed by atoms with Gasteiger partial charge < -0.3 is 15.0 Å². The monoisotopic (exact) mass is 130 g/mol. The van der Waals surface area contributed by atoms with E-state index < -0.39 is 6.16 Å².